The molecule has 3 aromatic rings. The average Bonchev–Trinajstić information content (AvgIpc) is 2.75. The first-order valence-corrected chi connectivity index (χ1v) is 10.7. The van der Waals surface area contributed by atoms with E-state index < -0.39 is 11.8 Å². The highest BCUT2D eigenvalue weighted by molar-refractivity contribution is 6.30. The normalized spacial score (nSPS) is 12.4. The van der Waals surface area contributed by atoms with E-state index in [4.69, 9.17) is 23.1 Å². The van der Waals surface area contributed by atoms with E-state index in [-0.39, 0.29) is 22.2 Å². The van der Waals surface area contributed by atoms with Crippen LogP contribution in [-0.4, -0.2) is 27.8 Å². The second kappa shape index (κ2) is 10.3. The van der Waals surface area contributed by atoms with E-state index in [0.717, 1.165) is 6.07 Å². The number of allylic oxidation sites excluding steroid dienone is 1. The van der Waals surface area contributed by atoms with Crippen LogP contribution in [0.4, 0.5) is 26.5 Å². The first kappa shape index (κ1) is 24.7. The molecule has 8 nitrogen and oxygen atoms in total. The maximum atomic E-state index is 14.0. The summed E-state index contributed by atoms with van der Waals surface area (Å²) in [5.41, 5.74) is 14.6. The number of benzene rings is 2. The maximum absolute atomic E-state index is 14.0. The number of carbonyl (C=O) groups excluding carboxylic acids is 1. The van der Waals surface area contributed by atoms with Crippen molar-refractivity contribution in [3.05, 3.63) is 76.8 Å². The number of nitrogens with zero attached hydrogens (tertiary/aromatic N) is 2. The summed E-state index contributed by atoms with van der Waals surface area (Å²) in [5, 5.41) is 5.39. The first-order chi connectivity index (χ1) is 16.0. The maximum Gasteiger partial charge on any atom is 0.323 e. The van der Waals surface area contributed by atoms with Gasteiger partial charge < -0.3 is 22.1 Å². The van der Waals surface area contributed by atoms with Crippen molar-refractivity contribution in [2.75, 3.05) is 16.4 Å². The lowest BCUT2D eigenvalue weighted by molar-refractivity contribution is -0.533. The molecule has 0 bridgehead atoms. The van der Waals surface area contributed by atoms with Crippen molar-refractivity contribution in [1.82, 2.24) is 9.97 Å². The van der Waals surface area contributed by atoms with Crippen molar-refractivity contribution in [2.24, 2.45) is 5.73 Å². The van der Waals surface area contributed by atoms with Gasteiger partial charge in [-0.15, -0.1) is 0 Å². The second-order valence-electron chi connectivity index (χ2n) is 8.45. The number of anilines is 3. The molecule has 176 valence electrons. The molecule has 0 saturated heterocycles. The minimum atomic E-state index is -0.638. The predicted octanol–water partition coefficient (Wildman–Crippen LogP) is 3.27. The highest BCUT2D eigenvalue weighted by Gasteiger charge is 2.17. The molecule has 2 aromatic carbocycles. The van der Waals surface area contributed by atoms with Gasteiger partial charge in [0.15, 0.2) is 11.8 Å². The molecule has 0 atom stereocenters. The van der Waals surface area contributed by atoms with Crippen LogP contribution in [-0.2, 0) is 0 Å². The van der Waals surface area contributed by atoms with E-state index >= 15 is 0 Å². The summed E-state index contributed by atoms with van der Waals surface area (Å²) in [4.78, 5) is 23.9. The molecule has 10 heteroatoms. The van der Waals surface area contributed by atoms with Crippen LogP contribution < -0.4 is 27.1 Å². The van der Waals surface area contributed by atoms with Gasteiger partial charge in [0.25, 0.3) is 0 Å². The van der Waals surface area contributed by atoms with E-state index in [1.165, 1.54) is 18.3 Å². The minimum absolute atomic E-state index is 0.00643. The quantitative estimate of drug-likeness (QED) is 0.356. The monoisotopic (exact) mass is 482 g/mol. The van der Waals surface area contributed by atoms with Crippen molar-refractivity contribution in [3.8, 4) is 0 Å². The molecule has 0 aliphatic heterocycles. The largest absolute Gasteiger partial charge is 0.396 e. The van der Waals surface area contributed by atoms with Crippen molar-refractivity contribution in [3.63, 3.8) is 0 Å². The van der Waals surface area contributed by atoms with E-state index in [2.05, 4.69) is 25.6 Å². The molecular weight excluding hydrogens is 457 g/mol. The van der Waals surface area contributed by atoms with Gasteiger partial charge >= 0.3 is 6.03 Å². The van der Waals surface area contributed by atoms with E-state index in [9.17, 15) is 9.18 Å². The van der Waals surface area contributed by atoms with Crippen LogP contribution in [0.1, 0.15) is 32.0 Å². The molecule has 0 saturated carbocycles. The van der Waals surface area contributed by atoms with Crippen molar-refractivity contribution in [1.29, 1.82) is 0 Å². The van der Waals surface area contributed by atoms with Gasteiger partial charge in [-0.2, -0.15) is 0 Å². The van der Waals surface area contributed by atoms with Crippen LogP contribution in [0.2, 0.25) is 5.02 Å². The van der Waals surface area contributed by atoms with Crippen LogP contribution in [0.3, 0.4) is 0 Å². The van der Waals surface area contributed by atoms with Gasteiger partial charge in [0.1, 0.15) is 5.82 Å². The third kappa shape index (κ3) is 6.76. The zero-order chi connectivity index (χ0) is 24.9. The Balaban J connectivity index is 1.93. The molecule has 3 rings (SSSR count). The summed E-state index contributed by atoms with van der Waals surface area (Å²) in [6.45, 7) is 6.04. The Morgan fingerprint density at radius 2 is 1.91 bits per heavy atom. The summed E-state index contributed by atoms with van der Waals surface area (Å²) in [7, 11) is 0. The molecule has 0 radical (unpaired) electrons. The van der Waals surface area contributed by atoms with Crippen LogP contribution in [0.5, 0.6) is 0 Å². The molecule has 0 spiro atoms. The average molecular weight is 483 g/mol. The number of aromatic nitrogens is 2. The summed E-state index contributed by atoms with van der Waals surface area (Å²) >= 11 is 5.76. The molecule has 0 unspecified atom stereocenters. The zero-order valence-corrected chi connectivity index (χ0v) is 19.7. The number of hydrogen-bond donors (Lipinski definition) is 5. The van der Waals surface area contributed by atoms with Gasteiger partial charge in [-0.1, -0.05) is 23.7 Å². The Kier molecular flexibility index (Phi) is 7.47. The Bertz CT molecular complexity index is 1270. The van der Waals surface area contributed by atoms with E-state index in [1.807, 2.05) is 26.8 Å². The van der Waals surface area contributed by atoms with Crippen LogP contribution in [0.25, 0.3) is 11.3 Å². The number of nitrogen functional groups attached to an aromatic ring is 1. The third-order valence-corrected chi connectivity index (χ3v) is 4.74. The lowest BCUT2D eigenvalue weighted by Crippen LogP contribution is -2.81. The Labute approximate surface area is 202 Å². The Hall–Kier alpha value is -3.98. The SMILES string of the molecule is CC(C)(C)[NH+]=CC(=C(N)c1ccnc(N)n1)c1cccc(NC(=O)Nc2ccc(Cl)cc2F)c1. The van der Waals surface area contributed by atoms with Crippen LogP contribution in [0.15, 0.2) is 54.7 Å². The molecule has 2 amide bonds. The molecule has 0 aliphatic carbocycles. The van der Waals surface area contributed by atoms with Crippen molar-refractivity contribution < 1.29 is 14.2 Å². The number of urea groups is 1. The van der Waals surface area contributed by atoms with Gasteiger partial charge in [0.05, 0.1) is 22.7 Å². The molecule has 34 heavy (non-hydrogen) atoms. The fraction of sp³-hybridized carbons (Fsp3) is 0.167. The number of hydrogen-bond acceptors (Lipinski definition) is 5. The topological polar surface area (TPSA) is 133 Å². The number of nitrogens with two attached hydrogens (primary N) is 2. The molecular formula is C24H26ClFN7O+. The fourth-order valence-electron chi connectivity index (χ4n) is 2.91. The molecule has 0 fully saturated rings. The standard InChI is InChI=1S/C24H25ClFN7O/c1-24(2,3)30-13-17(21(27)20-9-10-29-22(28)32-20)14-5-4-6-16(11-14)31-23(34)33-19-8-7-15(25)12-18(19)26/h4-13H,27H2,1-3H3,(H2,28,29,32)(H2,31,33,34)/p+1. The fourth-order valence-corrected chi connectivity index (χ4v) is 3.07. The van der Waals surface area contributed by atoms with Gasteiger partial charge in [-0.05, 0) is 62.7 Å². The number of carbonyl (C=O) groups is 1. The number of nitrogens with one attached hydrogen (secondary N) is 3. The van der Waals surface area contributed by atoms with Crippen molar-refractivity contribution >= 4 is 52.4 Å². The second-order valence-corrected chi connectivity index (χ2v) is 8.89. The highest BCUT2D eigenvalue weighted by atomic mass is 35.5. The summed E-state index contributed by atoms with van der Waals surface area (Å²) < 4.78 is 14.0. The minimum Gasteiger partial charge on any atom is -0.396 e. The summed E-state index contributed by atoms with van der Waals surface area (Å²) in [5.74, 6) is -0.536. The molecule has 1 heterocycles. The number of halogens is 2. The lowest BCUT2D eigenvalue weighted by Gasteiger charge is -2.12. The lowest BCUT2D eigenvalue weighted by atomic mass is 10.0. The van der Waals surface area contributed by atoms with Gasteiger partial charge in [0, 0.05) is 16.9 Å². The van der Waals surface area contributed by atoms with Crippen LogP contribution in [0, 0.1) is 5.82 Å². The number of amides is 2. The van der Waals surface area contributed by atoms with Gasteiger partial charge in [0.2, 0.25) is 5.95 Å². The molecule has 7 N–H and O–H groups in total. The summed E-state index contributed by atoms with van der Waals surface area (Å²) in [6, 6.07) is 12.1. The number of rotatable bonds is 5. The van der Waals surface area contributed by atoms with Crippen LogP contribution >= 0.6 is 11.6 Å². The first-order valence-electron chi connectivity index (χ1n) is 10.3. The summed E-state index contributed by atoms with van der Waals surface area (Å²) in [6.07, 6.45) is 3.31. The predicted molar refractivity (Wildman–Crippen MR) is 135 cm³/mol. The Morgan fingerprint density at radius 3 is 2.59 bits per heavy atom. The smallest absolute Gasteiger partial charge is 0.323 e. The third-order valence-electron chi connectivity index (χ3n) is 4.50. The zero-order valence-electron chi connectivity index (χ0n) is 19.0. The Morgan fingerprint density at radius 1 is 1.15 bits per heavy atom. The van der Waals surface area contributed by atoms with Gasteiger partial charge in [-0.3, -0.25) is 0 Å². The van der Waals surface area contributed by atoms with E-state index in [0.29, 0.717) is 28.2 Å². The highest BCUT2D eigenvalue weighted by Crippen LogP contribution is 2.23. The van der Waals surface area contributed by atoms with Crippen molar-refractivity contribution in [2.45, 2.75) is 26.3 Å². The molecule has 0 aliphatic rings. The molecule has 1 aromatic heterocycles. The van der Waals surface area contributed by atoms with E-state index in [1.54, 1.807) is 30.5 Å². The van der Waals surface area contributed by atoms with Gasteiger partial charge in [-0.25, -0.2) is 24.1 Å².